The number of aliphatic hydroxyl groups is 1. The van der Waals surface area contributed by atoms with Gasteiger partial charge in [0.2, 0.25) is 0 Å². The van der Waals surface area contributed by atoms with Crippen LogP contribution in [0.2, 0.25) is 0 Å². The van der Waals surface area contributed by atoms with E-state index in [-0.39, 0.29) is 30.6 Å². The second kappa shape index (κ2) is 12.8. The number of aliphatic hydroxyl groups excluding tert-OH is 1. The van der Waals surface area contributed by atoms with Crippen molar-refractivity contribution in [2.24, 2.45) is 4.99 Å². The zero-order chi connectivity index (χ0) is 19.6. The lowest BCUT2D eigenvalue weighted by atomic mass is 10.0. The number of nitrogens with one attached hydrogen (secondary N) is 2. The maximum Gasteiger partial charge on any atom is 0.191 e. The van der Waals surface area contributed by atoms with Crippen molar-refractivity contribution in [2.75, 3.05) is 19.6 Å². The first kappa shape index (κ1) is 23.6. The highest BCUT2D eigenvalue weighted by atomic mass is 127. The molecule has 2 heterocycles. The number of pyridine rings is 1. The van der Waals surface area contributed by atoms with E-state index in [9.17, 15) is 5.11 Å². The summed E-state index contributed by atoms with van der Waals surface area (Å²) in [5, 5.41) is 16.4. The van der Waals surface area contributed by atoms with E-state index in [1.165, 1.54) is 0 Å². The summed E-state index contributed by atoms with van der Waals surface area (Å²) in [6.45, 7) is 6.54. The SMILES string of the molecule is CCNC(=NCc1ccccc1CO)NC1CCN(Cc2ccccn2)CC1.I. The van der Waals surface area contributed by atoms with E-state index < -0.39 is 0 Å². The monoisotopic (exact) mass is 509 g/mol. The molecule has 3 rings (SSSR count). The van der Waals surface area contributed by atoms with E-state index in [0.29, 0.717) is 12.6 Å². The molecule has 158 valence electrons. The minimum atomic E-state index is 0. The summed E-state index contributed by atoms with van der Waals surface area (Å²) in [5.41, 5.74) is 3.13. The predicted octanol–water partition coefficient (Wildman–Crippen LogP) is 2.91. The summed E-state index contributed by atoms with van der Waals surface area (Å²) in [4.78, 5) is 11.6. The molecule has 0 spiro atoms. The molecule has 0 saturated carbocycles. The maximum atomic E-state index is 9.49. The second-order valence-corrected chi connectivity index (χ2v) is 7.14. The quantitative estimate of drug-likeness (QED) is 0.304. The van der Waals surface area contributed by atoms with Crippen LogP contribution in [-0.4, -0.2) is 46.6 Å². The standard InChI is InChI=1S/C22H31N5O.HI/c1-2-23-22(25-15-18-7-3-4-8-19(18)17-28)26-20-10-13-27(14-11-20)16-21-9-5-6-12-24-21;/h3-9,12,20,28H,2,10-11,13-17H2,1H3,(H2,23,25,26);1H. The number of hydrogen-bond acceptors (Lipinski definition) is 4. The van der Waals surface area contributed by atoms with E-state index in [4.69, 9.17) is 4.99 Å². The van der Waals surface area contributed by atoms with Crippen LogP contribution in [0, 0.1) is 0 Å². The zero-order valence-corrected chi connectivity index (χ0v) is 19.4. The Morgan fingerprint density at radius 2 is 1.86 bits per heavy atom. The third kappa shape index (κ3) is 7.56. The molecule has 29 heavy (non-hydrogen) atoms. The highest BCUT2D eigenvalue weighted by molar-refractivity contribution is 14.0. The molecule has 1 saturated heterocycles. The molecular weight excluding hydrogens is 477 g/mol. The molecule has 0 unspecified atom stereocenters. The smallest absolute Gasteiger partial charge is 0.191 e. The summed E-state index contributed by atoms with van der Waals surface area (Å²) in [6.07, 6.45) is 4.03. The molecule has 0 atom stereocenters. The number of nitrogens with zero attached hydrogens (tertiary/aromatic N) is 3. The van der Waals surface area contributed by atoms with Gasteiger partial charge in [-0.3, -0.25) is 9.88 Å². The fraction of sp³-hybridized carbons (Fsp3) is 0.455. The van der Waals surface area contributed by atoms with E-state index in [0.717, 1.165) is 61.8 Å². The zero-order valence-electron chi connectivity index (χ0n) is 17.1. The first-order valence-electron chi connectivity index (χ1n) is 10.1. The average Bonchev–Trinajstić information content (AvgIpc) is 2.74. The van der Waals surface area contributed by atoms with Crippen LogP contribution in [-0.2, 0) is 19.7 Å². The number of hydrogen-bond donors (Lipinski definition) is 3. The molecule has 1 aliphatic heterocycles. The first-order valence-corrected chi connectivity index (χ1v) is 10.1. The lowest BCUT2D eigenvalue weighted by Gasteiger charge is -2.32. The number of aliphatic imine (C=N–C) groups is 1. The second-order valence-electron chi connectivity index (χ2n) is 7.14. The van der Waals surface area contributed by atoms with Crippen molar-refractivity contribution < 1.29 is 5.11 Å². The molecule has 0 aliphatic carbocycles. The Balaban J connectivity index is 0.00000300. The minimum Gasteiger partial charge on any atom is -0.392 e. The molecule has 0 radical (unpaired) electrons. The van der Waals surface area contributed by atoms with E-state index >= 15 is 0 Å². The van der Waals surface area contributed by atoms with Gasteiger partial charge < -0.3 is 15.7 Å². The van der Waals surface area contributed by atoms with Gasteiger partial charge in [-0.15, -0.1) is 24.0 Å². The lowest BCUT2D eigenvalue weighted by Crippen LogP contribution is -2.48. The molecule has 1 aromatic heterocycles. The summed E-state index contributed by atoms with van der Waals surface area (Å²) in [5.74, 6) is 0.846. The average molecular weight is 509 g/mol. The molecule has 6 nitrogen and oxygen atoms in total. The topological polar surface area (TPSA) is 72.8 Å². The Morgan fingerprint density at radius 1 is 1.14 bits per heavy atom. The highest BCUT2D eigenvalue weighted by Gasteiger charge is 2.20. The molecule has 0 bridgehead atoms. The van der Waals surface area contributed by atoms with E-state index in [1.807, 2.05) is 42.6 Å². The number of aromatic nitrogens is 1. The molecule has 7 heteroatoms. The Morgan fingerprint density at radius 3 is 2.52 bits per heavy atom. The van der Waals surface area contributed by atoms with Gasteiger partial charge in [-0.25, -0.2) is 4.99 Å². The molecule has 1 aromatic carbocycles. The number of likely N-dealkylation sites (tertiary alicyclic amines) is 1. The molecule has 1 aliphatic rings. The minimum absolute atomic E-state index is 0. The Bertz CT molecular complexity index is 748. The number of rotatable bonds is 7. The molecule has 3 N–H and O–H groups in total. The van der Waals surface area contributed by atoms with Gasteiger partial charge in [-0.2, -0.15) is 0 Å². The van der Waals surface area contributed by atoms with Crippen LogP contribution in [0.25, 0.3) is 0 Å². The Labute approximate surface area is 190 Å². The molecule has 1 fully saturated rings. The van der Waals surface area contributed by atoms with Gasteiger partial charge in [0.15, 0.2) is 5.96 Å². The van der Waals surface area contributed by atoms with Crippen LogP contribution in [0.4, 0.5) is 0 Å². The molecule has 2 aromatic rings. The summed E-state index contributed by atoms with van der Waals surface area (Å²) >= 11 is 0. The number of guanidine groups is 1. The van der Waals surface area contributed by atoms with Crippen LogP contribution in [0.1, 0.15) is 36.6 Å². The van der Waals surface area contributed by atoms with Gasteiger partial charge in [0.25, 0.3) is 0 Å². The van der Waals surface area contributed by atoms with Crippen molar-refractivity contribution in [2.45, 2.75) is 45.5 Å². The van der Waals surface area contributed by atoms with Crippen molar-refractivity contribution >= 4 is 29.9 Å². The van der Waals surface area contributed by atoms with E-state index in [1.54, 1.807) is 0 Å². The Kier molecular flexibility index (Phi) is 10.4. The van der Waals surface area contributed by atoms with Gasteiger partial charge in [0.05, 0.1) is 18.8 Å². The Hall–Kier alpha value is -1.71. The molecule has 0 amide bonds. The fourth-order valence-corrected chi connectivity index (χ4v) is 3.50. The fourth-order valence-electron chi connectivity index (χ4n) is 3.50. The third-order valence-electron chi connectivity index (χ3n) is 5.08. The van der Waals surface area contributed by atoms with Gasteiger partial charge in [0, 0.05) is 38.4 Å². The maximum absolute atomic E-state index is 9.49. The van der Waals surface area contributed by atoms with Crippen LogP contribution in [0.15, 0.2) is 53.7 Å². The van der Waals surface area contributed by atoms with Crippen molar-refractivity contribution in [3.05, 3.63) is 65.5 Å². The van der Waals surface area contributed by atoms with Gasteiger partial charge in [-0.1, -0.05) is 30.3 Å². The summed E-state index contributed by atoms with van der Waals surface area (Å²) in [6, 6.07) is 14.4. The van der Waals surface area contributed by atoms with Gasteiger partial charge >= 0.3 is 0 Å². The normalized spacial score (nSPS) is 15.6. The third-order valence-corrected chi connectivity index (χ3v) is 5.08. The van der Waals surface area contributed by atoms with Gasteiger partial charge in [0.1, 0.15) is 0 Å². The highest BCUT2D eigenvalue weighted by Crippen LogP contribution is 2.13. The van der Waals surface area contributed by atoms with Crippen molar-refractivity contribution in [3.63, 3.8) is 0 Å². The molecular formula is C22H32IN5O. The lowest BCUT2D eigenvalue weighted by molar-refractivity contribution is 0.196. The number of halogens is 1. The van der Waals surface area contributed by atoms with Gasteiger partial charge in [-0.05, 0) is 43.0 Å². The number of piperidine rings is 1. The van der Waals surface area contributed by atoms with Crippen LogP contribution < -0.4 is 10.6 Å². The first-order chi connectivity index (χ1) is 13.8. The number of benzene rings is 1. The van der Waals surface area contributed by atoms with Crippen molar-refractivity contribution in [1.82, 2.24) is 20.5 Å². The largest absolute Gasteiger partial charge is 0.392 e. The van der Waals surface area contributed by atoms with E-state index in [2.05, 4.69) is 33.5 Å². The van der Waals surface area contributed by atoms with Crippen LogP contribution >= 0.6 is 24.0 Å². The predicted molar refractivity (Wildman–Crippen MR) is 128 cm³/mol. The summed E-state index contributed by atoms with van der Waals surface area (Å²) in [7, 11) is 0. The summed E-state index contributed by atoms with van der Waals surface area (Å²) < 4.78 is 0. The van der Waals surface area contributed by atoms with Crippen molar-refractivity contribution in [3.8, 4) is 0 Å². The van der Waals surface area contributed by atoms with Crippen LogP contribution in [0.3, 0.4) is 0 Å². The van der Waals surface area contributed by atoms with Crippen molar-refractivity contribution in [1.29, 1.82) is 0 Å². The van der Waals surface area contributed by atoms with Crippen LogP contribution in [0.5, 0.6) is 0 Å².